The Labute approximate surface area is 197 Å². The zero-order valence-corrected chi connectivity index (χ0v) is 19.1. The van der Waals surface area contributed by atoms with Gasteiger partial charge >= 0.3 is 0 Å². The number of amides is 1. The van der Waals surface area contributed by atoms with Crippen molar-refractivity contribution in [1.82, 2.24) is 14.5 Å². The van der Waals surface area contributed by atoms with Gasteiger partial charge < -0.3 is 9.64 Å². The minimum absolute atomic E-state index is 0.179. The second-order valence-electron chi connectivity index (χ2n) is 8.04. The number of nitrogens with zero attached hydrogens (tertiary/aromatic N) is 3. The summed E-state index contributed by atoms with van der Waals surface area (Å²) in [5.41, 5.74) is 1.54. The first-order valence-corrected chi connectivity index (χ1v) is 11.1. The fraction of sp³-hybridized carbons (Fsp3) is 0.222. The van der Waals surface area contributed by atoms with Crippen LogP contribution in [-0.4, -0.2) is 40.6 Å². The molecule has 0 bridgehead atoms. The summed E-state index contributed by atoms with van der Waals surface area (Å²) in [5, 5.41) is 0.509. The number of ether oxygens (including phenoxy) is 1. The van der Waals surface area contributed by atoms with Crippen LogP contribution in [0.5, 0.6) is 0 Å². The van der Waals surface area contributed by atoms with Gasteiger partial charge in [-0.1, -0.05) is 48.5 Å². The van der Waals surface area contributed by atoms with E-state index < -0.39 is 11.9 Å². The number of hydrogen-bond acceptors (Lipinski definition) is 4. The Morgan fingerprint density at radius 1 is 1.06 bits per heavy atom. The molecule has 0 radical (unpaired) electrons. The summed E-state index contributed by atoms with van der Waals surface area (Å²) in [6.07, 6.45) is 0. The number of para-hydroxylation sites is 1. The predicted octanol–water partition coefficient (Wildman–Crippen LogP) is 4.43. The molecular weight excluding hydrogens is 433 g/mol. The molecule has 4 aromatic rings. The van der Waals surface area contributed by atoms with Gasteiger partial charge in [-0.25, -0.2) is 9.37 Å². The number of rotatable bonds is 8. The summed E-state index contributed by atoms with van der Waals surface area (Å²) < 4.78 is 20.7. The van der Waals surface area contributed by atoms with E-state index in [0.717, 1.165) is 5.56 Å². The molecule has 1 atom stereocenters. The van der Waals surface area contributed by atoms with Crippen molar-refractivity contribution in [1.29, 1.82) is 0 Å². The van der Waals surface area contributed by atoms with Crippen molar-refractivity contribution in [3.8, 4) is 0 Å². The maximum atomic E-state index is 13.8. The van der Waals surface area contributed by atoms with Gasteiger partial charge in [-0.2, -0.15) is 0 Å². The van der Waals surface area contributed by atoms with Gasteiger partial charge in [0.05, 0.1) is 30.1 Å². The number of aromatic nitrogens is 2. The number of carbonyl (C=O) groups excluding carboxylic acids is 1. The van der Waals surface area contributed by atoms with Gasteiger partial charge in [0.15, 0.2) is 0 Å². The van der Waals surface area contributed by atoms with E-state index >= 15 is 0 Å². The highest BCUT2D eigenvalue weighted by Crippen LogP contribution is 2.23. The van der Waals surface area contributed by atoms with Crippen LogP contribution < -0.4 is 5.56 Å². The standard InChI is InChI=1S/C27H26FN3O3/c1-19(30(15-16-34-2)26(32)21-11-8-12-22(28)17-21)25-29-24-14-7-6-13-23(24)27(33)31(25)18-20-9-4-3-5-10-20/h3-14,17,19H,15-16,18H2,1-2H3. The lowest BCUT2D eigenvalue weighted by Gasteiger charge is -2.30. The quantitative estimate of drug-likeness (QED) is 0.391. The largest absolute Gasteiger partial charge is 0.383 e. The molecule has 0 fully saturated rings. The predicted molar refractivity (Wildman–Crippen MR) is 129 cm³/mol. The van der Waals surface area contributed by atoms with Crippen molar-refractivity contribution in [2.75, 3.05) is 20.3 Å². The van der Waals surface area contributed by atoms with Gasteiger partial charge in [0.2, 0.25) is 0 Å². The molecule has 3 aromatic carbocycles. The van der Waals surface area contributed by atoms with Crippen LogP contribution in [0.3, 0.4) is 0 Å². The van der Waals surface area contributed by atoms with Crippen molar-refractivity contribution >= 4 is 16.8 Å². The van der Waals surface area contributed by atoms with E-state index in [0.29, 0.717) is 23.3 Å². The lowest BCUT2D eigenvalue weighted by molar-refractivity contribution is 0.0603. The first-order chi connectivity index (χ1) is 16.5. The van der Waals surface area contributed by atoms with Crippen LogP contribution >= 0.6 is 0 Å². The second kappa shape index (κ2) is 10.4. The van der Waals surface area contributed by atoms with Crippen molar-refractivity contribution in [2.45, 2.75) is 19.5 Å². The molecule has 0 saturated heterocycles. The number of halogens is 1. The fourth-order valence-corrected chi connectivity index (χ4v) is 4.01. The number of hydrogen-bond donors (Lipinski definition) is 0. The van der Waals surface area contributed by atoms with Gasteiger partial charge in [0.1, 0.15) is 11.6 Å². The van der Waals surface area contributed by atoms with Crippen LogP contribution in [0.2, 0.25) is 0 Å². The summed E-state index contributed by atoms with van der Waals surface area (Å²) in [7, 11) is 1.55. The molecule has 0 aliphatic carbocycles. The minimum Gasteiger partial charge on any atom is -0.383 e. The van der Waals surface area contributed by atoms with Gasteiger partial charge in [-0.15, -0.1) is 0 Å². The molecule has 1 aromatic heterocycles. The van der Waals surface area contributed by atoms with Crippen LogP contribution in [0.1, 0.15) is 34.7 Å². The Hall–Kier alpha value is -3.84. The Bertz CT molecular complexity index is 1350. The Morgan fingerprint density at radius 3 is 2.53 bits per heavy atom. The molecule has 1 unspecified atom stereocenters. The molecule has 6 nitrogen and oxygen atoms in total. The van der Waals surface area contributed by atoms with Crippen LogP contribution in [0.25, 0.3) is 10.9 Å². The molecule has 1 heterocycles. The third-order valence-electron chi connectivity index (χ3n) is 5.78. The lowest BCUT2D eigenvalue weighted by atomic mass is 10.1. The third-order valence-corrected chi connectivity index (χ3v) is 5.78. The SMILES string of the molecule is COCCN(C(=O)c1cccc(F)c1)C(C)c1nc2ccccc2c(=O)n1Cc1ccccc1. The van der Waals surface area contributed by atoms with Gasteiger partial charge in [-0.05, 0) is 42.8 Å². The first-order valence-electron chi connectivity index (χ1n) is 11.1. The average molecular weight is 460 g/mol. The maximum Gasteiger partial charge on any atom is 0.261 e. The van der Waals surface area contributed by atoms with Crippen molar-refractivity contribution in [3.63, 3.8) is 0 Å². The van der Waals surface area contributed by atoms with Crippen LogP contribution in [0.15, 0.2) is 83.7 Å². The van der Waals surface area contributed by atoms with Crippen molar-refractivity contribution in [2.24, 2.45) is 0 Å². The highest BCUT2D eigenvalue weighted by molar-refractivity contribution is 5.94. The summed E-state index contributed by atoms with van der Waals surface area (Å²) in [4.78, 5) is 33.3. The van der Waals surface area contributed by atoms with E-state index in [4.69, 9.17) is 9.72 Å². The Balaban J connectivity index is 1.83. The van der Waals surface area contributed by atoms with Crippen molar-refractivity contribution in [3.05, 3.63) is 112 Å². The topological polar surface area (TPSA) is 64.4 Å². The normalized spacial score (nSPS) is 12.0. The molecule has 1 amide bonds. The van der Waals surface area contributed by atoms with Crippen LogP contribution in [-0.2, 0) is 11.3 Å². The molecule has 34 heavy (non-hydrogen) atoms. The summed E-state index contributed by atoms with van der Waals surface area (Å²) >= 11 is 0. The second-order valence-corrected chi connectivity index (χ2v) is 8.04. The van der Waals surface area contributed by atoms with Gasteiger partial charge in [0, 0.05) is 19.2 Å². The molecule has 7 heteroatoms. The van der Waals surface area contributed by atoms with Crippen molar-refractivity contribution < 1.29 is 13.9 Å². The van der Waals surface area contributed by atoms with Crippen LogP contribution in [0.4, 0.5) is 4.39 Å². The first kappa shape index (κ1) is 23.3. The van der Waals surface area contributed by atoms with E-state index in [9.17, 15) is 14.0 Å². The molecule has 0 saturated carbocycles. The number of methoxy groups -OCH3 is 1. The smallest absolute Gasteiger partial charge is 0.261 e. The molecule has 0 spiro atoms. The molecule has 0 aliphatic heterocycles. The van der Waals surface area contributed by atoms with E-state index in [-0.39, 0.29) is 30.2 Å². The molecule has 4 rings (SSSR count). The zero-order chi connectivity index (χ0) is 24.1. The van der Waals surface area contributed by atoms with Gasteiger partial charge in [0.25, 0.3) is 11.5 Å². The average Bonchev–Trinajstić information content (AvgIpc) is 2.86. The molecule has 0 aliphatic rings. The highest BCUT2D eigenvalue weighted by Gasteiger charge is 2.27. The van der Waals surface area contributed by atoms with E-state index in [2.05, 4.69) is 0 Å². The summed E-state index contributed by atoms with van der Waals surface area (Å²) in [5.74, 6) is -0.402. The maximum absolute atomic E-state index is 13.8. The molecular formula is C27H26FN3O3. The molecule has 0 N–H and O–H groups in total. The zero-order valence-electron chi connectivity index (χ0n) is 19.1. The monoisotopic (exact) mass is 459 g/mol. The minimum atomic E-state index is -0.577. The van der Waals surface area contributed by atoms with Crippen LogP contribution in [0, 0.1) is 5.82 Å². The Kier molecular flexibility index (Phi) is 7.13. The number of carbonyl (C=O) groups is 1. The Morgan fingerprint density at radius 2 is 1.79 bits per heavy atom. The third kappa shape index (κ3) is 4.89. The lowest BCUT2D eigenvalue weighted by Crippen LogP contribution is -2.39. The molecule has 174 valence electrons. The van der Waals surface area contributed by atoms with E-state index in [1.54, 1.807) is 40.8 Å². The number of benzene rings is 3. The summed E-state index contributed by atoms with van der Waals surface area (Å²) in [6.45, 7) is 2.66. The highest BCUT2D eigenvalue weighted by atomic mass is 19.1. The van der Waals surface area contributed by atoms with Gasteiger partial charge in [-0.3, -0.25) is 14.2 Å². The van der Waals surface area contributed by atoms with E-state index in [1.807, 2.05) is 43.3 Å². The van der Waals surface area contributed by atoms with E-state index in [1.165, 1.54) is 18.2 Å². The fourth-order valence-electron chi connectivity index (χ4n) is 4.01. The number of fused-ring (bicyclic) bond motifs is 1. The summed E-state index contributed by atoms with van der Waals surface area (Å²) in [6, 6.07) is 21.8.